The molecule has 2 aromatic rings. The van der Waals surface area contributed by atoms with Gasteiger partial charge in [-0.05, 0) is 45.0 Å². The Balaban J connectivity index is 2.26. The zero-order valence-corrected chi connectivity index (χ0v) is 16.6. The Kier molecular flexibility index (Phi) is 4.77. The van der Waals surface area contributed by atoms with Crippen molar-refractivity contribution in [1.82, 2.24) is 0 Å². The van der Waals surface area contributed by atoms with Gasteiger partial charge in [0.25, 0.3) is 0 Å². The number of ether oxygens (including phenoxy) is 1. The van der Waals surface area contributed by atoms with Gasteiger partial charge in [0.15, 0.2) is 0 Å². The third kappa shape index (κ3) is 3.71. The van der Waals surface area contributed by atoms with E-state index in [-0.39, 0.29) is 5.69 Å². The van der Waals surface area contributed by atoms with Crippen molar-refractivity contribution in [2.24, 2.45) is 0 Å². The average molecular weight is 446 g/mol. The molecule has 0 saturated heterocycles. The molecular formula is C18H15BrF3NO2S. The Hall–Kier alpha value is -1.67. The number of para-hydroxylation sites is 1. The van der Waals surface area contributed by atoms with Crippen molar-refractivity contribution < 1.29 is 22.7 Å². The molecule has 138 valence electrons. The molecular weight excluding hydrogens is 431 g/mol. The van der Waals surface area contributed by atoms with Gasteiger partial charge in [0.2, 0.25) is 0 Å². The summed E-state index contributed by atoms with van der Waals surface area (Å²) in [6, 6.07) is 9.36. The van der Waals surface area contributed by atoms with Crippen molar-refractivity contribution in [3.05, 3.63) is 46.4 Å². The van der Waals surface area contributed by atoms with Crippen LogP contribution in [0.5, 0.6) is 0 Å². The number of anilines is 2. The monoisotopic (exact) mass is 445 g/mol. The number of benzene rings is 2. The lowest BCUT2D eigenvalue weighted by atomic mass is 10.1. The maximum Gasteiger partial charge on any atom is 0.419 e. The van der Waals surface area contributed by atoms with Crippen LogP contribution in [0.2, 0.25) is 0 Å². The van der Waals surface area contributed by atoms with E-state index in [1.165, 1.54) is 11.8 Å². The normalized spacial score (nSPS) is 13.9. The van der Waals surface area contributed by atoms with Crippen LogP contribution < -0.4 is 4.90 Å². The molecule has 0 spiro atoms. The molecule has 0 bridgehead atoms. The Morgan fingerprint density at radius 1 is 1.12 bits per heavy atom. The number of amides is 1. The van der Waals surface area contributed by atoms with Gasteiger partial charge >= 0.3 is 12.3 Å². The number of rotatable bonds is 0. The Bertz CT molecular complexity index is 878. The van der Waals surface area contributed by atoms with Gasteiger partial charge in [0.1, 0.15) is 5.60 Å². The summed E-state index contributed by atoms with van der Waals surface area (Å²) < 4.78 is 46.8. The van der Waals surface area contributed by atoms with E-state index < -0.39 is 23.4 Å². The van der Waals surface area contributed by atoms with Crippen molar-refractivity contribution in [3.63, 3.8) is 0 Å². The third-order valence-electron chi connectivity index (χ3n) is 3.47. The number of fused-ring (bicyclic) bond motifs is 2. The SMILES string of the molecule is CC(C)(C)OC(=O)N1c2ccccc2Sc2cc(Br)cc(C(F)(F)F)c21. The minimum absolute atomic E-state index is 0.210. The first-order valence-electron chi connectivity index (χ1n) is 7.68. The second kappa shape index (κ2) is 6.49. The molecule has 0 fully saturated rings. The van der Waals surface area contributed by atoms with Crippen LogP contribution in [0, 0.1) is 0 Å². The summed E-state index contributed by atoms with van der Waals surface area (Å²) in [7, 11) is 0. The first kappa shape index (κ1) is 19.1. The fraction of sp³-hybridized carbons (Fsp3) is 0.278. The highest BCUT2D eigenvalue weighted by Gasteiger charge is 2.42. The van der Waals surface area contributed by atoms with Crippen molar-refractivity contribution in [3.8, 4) is 0 Å². The predicted octanol–water partition coefficient (Wildman–Crippen LogP) is 7.01. The van der Waals surface area contributed by atoms with Gasteiger partial charge in [0.05, 0.1) is 16.9 Å². The van der Waals surface area contributed by atoms with Gasteiger partial charge in [-0.25, -0.2) is 9.69 Å². The Morgan fingerprint density at radius 2 is 1.77 bits per heavy atom. The van der Waals surface area contributed by atoms with E-state index in [1.54, 1.807) is 51.1 Å². The van der Waals surface area contributed by atoms with Crippen molar-refractivity contribution >= 4 is 45.2 Å². The molecule has 0 atom stereocenters. The van der Waals surface area contributed by atoms with Crippen LogP contribution in [-0.2, 0) is 10.9 Å². The number of halogens is 4. The number of alkyl halides is 3. The van der Waals surface area contributed by atoms with Gasteiger partial charge in [-0.1, -0.05) is 39.8 Å². The maximum absolute atomic E-state index is 13.7. The molecule has 2 aromatic carbocycles. The number of nitrogens with zero attached hydrogens (tertiary/aromatic N) is 1. The summed E-state index contributed by atoms with van der Waals surface area (Å²) in [5, 5.41) is 0. The zero-order chi connectivity index (χ0) is 19.3. The molecule has 0 aromatic heterocycles. The van der Waals surface area contributed by atoms with Crippen LogP contribution in [0.15, 0.2) is 50.7 Å². The smallest absolute Gasteiger partial charge is 0.419 e. The molecule has 0 radical (unpaired) electrons. The molecule has 0 aliphatic carbocycles. The molecule has 0 unspecified atom stereocenters. The van der Waals surface area contributed by atoms with Gasteiger partial charge < -0.3 is 4.74 Å². The standard InChI is InChI=1S/C18H15BrF3NO2S/c1-17(2,3)25-16(24)23-12-6-4-5-7-13(12)26-14-9-10(19)8-11(15(14)23)18(20,21)22/h4-9H,1-3H3. The minimum Gasteiger partial charge on any atom is -0.443 e. The number of carbonyl (C=O) groups excluding carboxylic acids is 1. The van der Waals surface area contributed by atoms with Gasteiger partial charge in [-0.15, -0.1) is 0 Å². The first-order chi connectivity index (χ1) is 12.0. The number of carbonyl (C=O) groups is 1. The molecule has 0 saturated carbocycles. The molecule has 8 heteroatoms. The molecule has 26 heavy (non-hydrogen) atoms. The quantitative estimate of drug-likeness (QED) is 0.436. The summed E-state index contributed by atoms with van der Waals surface area (Å²) in [6.07, 6.45) is -5.47. The summed E-state index contributed by atoms with van der Waals surface area (Å²) in [4.78, 5) is 14.8. The van der Waals surface area contributed by atoms with Crippen molar-refractivity contribution in [2.45, 2.75) is 42.3 Å². The van der Waals surface area contributed by atoms with E-state index in [2.05, 4.69) is 15.9 Å². The largest absolute Gasteiger partial charge is 0.443 e. The zero-order valence-electron chi connectivity index (χ0n) is 14.1. The van der Waals surface area contributed by atoms with Crippen LogP contribution in [0.25, 0.3) is 0 Å². The molecule has 1 heterocycles. The van der Waals surface area contributed by atoms with E-state index in [4.69, 9.17) is 4.74 Å². The van der Waals surface area contributed by atoms with E-state index in [1.807, 2.05) is 0 Å². The molecule has 3 nitrogen and oxygen atoms in total. The average Bonchev–Trinajstić information content (AvgIpc) is 2.49. The summed E-state index contributed by atoms with van der Waals surface area (Å²) in [6.45, 7) is 5.01. The van der Waals surface area contributed by atoms with Gasteiger partial charge in [-0.3, -0.25) is 0 Å². The first-order valence-corrected chi connectivity index (χ1v) is 9.29. The molecule has 1 aliphatic heterocycles. The fourth-order valence-electron chi connectivity index (χ4n) is 2.56. The lowest BCUT2D eigenvalue weighted by Crippen LogP contribution is -2.36. The molecule has 1 aliphatic rings. The van der Waals surface area contributed by atoms with Crippen molar-refractivity contribution in [2.75, 3.05) is 4.90 Å². The molecule has 0 N–H and O–H groups in total. The summed E-state index contributed by atoms with van der Waals surface area (Å²) in [5.74, 6) is 0. The highest BCUT2D eigenvalue weighted by atomic mass is 79.9. The lowest BCUT2D eigenvalue weighted by molar-refractivity contribution is -0.137. The highest BCUT2D eigenvalue weighted by Crippen LogP contribution is 2.53. The number of hydrogen-bond acceptors (Lipinski definition) is 3. The van der Waals surface area contributed by atoms with E-state index in [0.717, 1.165) is 11.0 Å². The van der Waals surface area contributed by atoms with Gasteiger partial charge in [-0.2, -0.15) is 13.2 Å². The van der Waals surface area contributed by atoms with Crippen LogP contribution in [0.1, 0.15) is 26.3 Å². The Labute approximate surface area is 161 Å². The number of hydrogen-bond donors (Lipinski definition) is 0. The third-order valence-corrected chi connectivity index (χ3v) is 5.02. The van der Waals surface area contributed by atoms with Crippen molar-refractivity contribution in [1.29, 1.82) is 0 Å². The second-order valence-corrected chi connectivity index (χ2v) is 8.68. The Morgan fingerprint density at radius 3 is 2.38 bits per heavy atom. The van der Waals surface area contributed by atoms with Crippen LogP contribution >= 0.6 is 27.7 Å². The topological polar surface area (TPSA) is 29.5 Å². The fourth-order valence-corrected chi connectivity index (χ4v) is 4.30. The van der Waals surface area contributed by atoms with Crippen LogP contribution in [0.3, 0.4) is 0 Å². The van der Waals surface area contributed by atoms with Crippen LogP contribution in [0.4, 0.5) is 29.3 Å². The minimum atomic E-state index is -4.62. The summed E-state index contributed by atoms with van der Waals surface area (Å²) >= 11 is 4.32. The van der Waals surface area contributed by atoms with E-state index in [9.17, 15) is 18.0 Å². The highest BCUT2D eigenvalue weighted by molar-refractivity contribution is 9.10. The van der Waals surface area contributed by atoms with E-state index in [0.29, 0.717) is 20.0 Å². The maximum atomic E-state index is 13.7. The van der Waals surface area contributed by atoms with Crippen LogP contribution in [-0.4, -0.2) is 11.7 Å². The lowest BCUT2D eigenvalue weighted by Gasteiger charge is -2.34. The predicted molar refractivity (Wildman–Crippen MR) is 98.1 cm³/mol. The molecule has 1 amide bonds. The summed E-state index contributed by atoms with van der Waals surface area (Å²) in [5.41, 5.74) is -1.58. The molecule has 3 rings (SSSR count). The van der Waals surface area contributed by atoms with Gasteiger partial charge in [0, 0.05) is 14.3 Å². The second-order valence-electron chi connectivity index (χ2n) is 6.68. The van der Waals surface area contributed by atoms with E-state index >= 15 is 0 Å².